The number of rotatable bonds is 8. The number of aliphatic hydroxyl groups is 1. The van der Waals surface area contributed by atoms with Gasteiger partial charge >= 0.3 is 6.09 Å². The van der Waals surface area contributed by atoms with Crippen molar-refractivity contribution in [2.75, 3.05) is 12.0 Å². The van der Waals surface area contributed by atoms with E-state index in [1.165, 1.54) is 29.8 Å². The number of fused-ring (bicyclic) bond motifs is 2. The Bertz CT molecular complexity index is 1720. The van der Waals surface area contributed by atoms with Gasteiger partial charge in [-0.15, -0.1) is 0 Å². The lowest BCUT2D eigenvalue weighted by molar-refractivity contribution is 0.162. The quantitative estimate of drug-likeness (QED) is 0.245. The number of amides is 1. The molecular weight excluding hydrogens is 563 g/mol. The zero-order valence-corrected chi connectivity index (χ0v) is 22.9. The van der Waals surface area contributed by atoms with E-state index in [1.807, 2.05) is 6.07 Å². The van der Waals surface area contributed by atoms with Gasteiger partial charge in [0.25, 0.3) is 5.88 Å². The topological polar surface area (TPSA) is 144 Å². The lowest BCUT2D eigenvalue weighted by Crippen LogP contribution is -2.46. The third-order valence-corrected chi connectivity index (χ3v) is 7.41. The van der Waals surface area contributed by atoms with Crippen molar-refractivity contribution < 1.29 is 28.9 Å². The van der Waals surface area contributed by atoms with Crippen molar-refractivity contribution in [3.8, 4) is 22.2 Å². The highest BCUT2D eigenvalue weighted by molar-refractivity contribution is 7.21. The number of anilines is 1. The number of aliphatic hydroxyl groups excluding tert-OH is 1. The first-order valence-electron chi connectivity index (χ1n) is 11.9. The molecule has 0 saturated carbocycles. The fraction of sp³-hybridized carbons (Fsp3) is 0.231. The van der Waals surface area contributed by atoms with Gasteiger partial charge in [-0.3, -0.25) is 9.88 Å². The summed E-state index contributed by atoms with van der Waals surface area (Å²) in [5, 5.41) is 20.7. The zero-order valence-electron chi connectivity index (χ0n) is 21.4. The minimum absolute atomic E-state index is 0.149. The number of hydrogen-bond donors (Lipinski definition) is 2. The highest BCUT2D eigenvalue weighted by Gasteiger charge is 2.29. The van der Waals surface area contributed by atoms with E-state index in [9.17, 15) is 9.90 Å². The smallest absolute Gasteiger partial charge is 0.412 e. The summed E-state index contributed by atoms with van der Waals surface area (Å²) in [5.41, 5.74) is 1.79. The average Bonchev–Trinajstić information content (AvgIpc) is 3.35. The van der Waals surface area contributed by atoms with Crippen molar-refractivity contribution in [3.05, 3.63) is 59.5 Å². The lowest BCUT2D eigenvalue weighted by atomic mass is 10.1. The second-order valence-electron chi connectivity index (χ2n) is 8.75. The largest absolute Gasteiger partial charge is 0.495 e. The van der Waals surface area contributed by atoms with Gasteiger partial charge in [-0.2, -0.15) is 4.98 Å². The predicted octanol–water partition coefficient (Wildman–Crippen LogP) is 5.33. The summed E-state index contributed by atoms with van der Waals surface area (Å²) in [6.07, 6.45) is 2.05. The monoisotopic (exact) mass is 584 g/mol. The van der Waals surface area contributed by atoms with E-state index in [2.05, 4.69) is 24.9 Å². The molecule has 206 valence electrons. The number of carbonyl (C=O) groups is 1. The molecule has 1 amide bonds. The first-order valence-corrected chi connectivity index (χ1v) is 13.1. The van der Waals surface area contributed by atoms with Gasteiger partial charge in [0.15, 0.2) is 11.6 Å². The van der Waals surface area contributed by atoms with Gasteiger partial charge in [0.05, 0.1) is 42.9 Å². The van der Waals surface area contributed by atoms with Crippen LogP contribution >= 0.6 is 22.9 Å². The molecule has 0 aliphatic heterocycles. The van der Waals surface area contributed by atoms with Gasteiger partial charge in [0, 0.05) is 22.0 Å². The molecule has 0 spiro atoms. The van der Waals surface area contributed by atoms with Gasteiger partial charge in [0.2, 0.25) is 0 Å². The van der Waals surface area contributed by atoms with Gasteiger partial charge in [-0.1, -0.05) is 22.9 Å². The summed E-state index contributed by atoms with van der Waals surface area (Å²) in [7, 11) is 1.55. The molecule has 11 nitrogen and oxygen atoms in total. The molecule has 1 aromatic carbocycles. The minimum atomic E-state index is -1.28. The highest BCUT2D eigenvalue weighted by atomic mass is 35.5. The maximum absolute atomic E-state index is 15.1. The van der Waals surface area contributed by atoms with Crippen LogP contribution in [0.5, 0.6) is 11.6 Å². The van der Waals surface area contributed by atoms with E-state index in [1.54, 1.807) is 39.3 Å². The summed E-state index contributed by atoms with van der Waals surface area (Å²) in [6, 6.07) is 5.74. The van der Waals surface area contributed by atoms with Crippen LogP contribution in [0.15, 0.2) is 42.9 Å². The Kier molecular flexibility index (Phi) is 7.61. The molecule has 5 rings (SSSR count). The van der Waals surface area contributed by atoms with E-state index in [-0.39, 0.29) is 24.0 Å². The van der Waals surface area contributed by atoms with E-state index < -0.39 is 24.1 Å². The molecule has 5 aromatic rings. The van der Waals surface area contributed by atoms with Crippen molar-refractivity contribution in [2.45, 2.75) is 32.6 Å². The standard InChI is InChI=1S/C26H22ClFN6O5S/c1-12(34(26(36)37)16-8-29-21(11-35)30-9-16)13(2)39-23-19(28)7-20-25(33-23)40-24(32-20)18-6-15(27)4-14-5-17(38-3)10-31-22(14)18/h4-10,12-13,35H,11H2,1-3H3,(H,36,37)/t12-,13+/m1/s1. The number of ether oxygens (including phenoxy) is 2. The number of nitrogens with zero attached hydrogens (tertiary/aromatic N) is 6. The molecule has 0 aliphatic carbocycles. The van der Waals surface area contributed by atoms with E-state index in [4.69, 9.17) is 26.2 Å². The van der Waals surface area contributed by atoms with E-state index in [0.29, 0.717) is 37.2 Å². The Labute approximate surface area is 235 Å². The maximum atomic E-state index is 15.1. The van der Waals surface area contributed by atoms with Gasteiger partial charge in [0.1, 0.15) is 33.8 Å². The van der Waals surface area contributed by atoms with Crippen LogP contribution in [0.25, 0.3) is 31.8 Å². The van der Waals surface area contributed by atoms with Crippen LogP contribution in [0.2, 0.25) is 5.02 Å². The molecule has 0 saturated heterocycles. The maximum Gasteiger partial charge on any atom is 0.412 e. The molecule has 0 radical (unpaired) electrons. The highest BCUT2D eigenvalue weighted by Crippen LogP contribution is 2.37. The molecule has 4 aromatic heterocycles. The van der Waals surface area contributed by atoms with Crippen LogP contribution in [-0.4, -0.2) is 60.5 Å². The van der Waals surface area contributed by atoms with E-state index in [0.717, 1.165) is 10.3 Å². The number of carboxylic acid groups (broad SMARTS) is 1. The normalized spacial score (nSPS) is 12.8. The Balaban J connectivity index is 1.45. The molecule has 0 unspecified atom stereocenters. The molecule has 0 aliphatic rings. The van der Waals surface area contributed by atoms with Crippen LogP contribution in [0, 0.1) is 5.82 Å². The fourth-order valence-electron chi connectivity index (χ4n) is 4.05. The van der Waals surface area contributed by atoms with Crippen molar-refractivity contribution in [1.29, 1.82) is 0 Å². The first kappa shape index (κ1) is 27.4. The Hall–Kier alpha value is -4.20. The number of thiazole rings is 1. The molecular formula is C26H22ClFN6O5S. The summed E-state index contributed by atoms with van der Waals surface area (Å²) in [6.45, 7) is 2.82. The molecule has 2 atom stereocenters. The van der Waals surface area contributed by atoms with Crippen LogP contribution in [0.1, 0.15) is 19.7 Å². The number of pyridine rings is 2. The number of halogens is 2. The Morgan fingerprint density at radius 1 is 1.12 bits per heavy atom. The SMILES string of the molecule is COc1cnc2c(-c3nc4cc(F)c(O[C@@H](C)[C@@H](C)N(C(=O)O)c5cnc(CO)nc5)nc4s3)cc(Cl)cc2c1. The molecule has 0 fully saturated rings. The lowest BCUT2D eigenvalue weighted by Gasteiger charge is -2.30. The third-order valence-electron chi connectivity index (χ3n) is 6.20. The first-order chi connectivity index (χ1) is 19.2. The molecule has 0 bridgehead atoms. The minimum Gasteiger partial charge on any atom is -0.495 e. The van der Waals surface area contributed by atoms with Crippen LogP contribution in [-0.2, 0) is 6.61 Å². The van der Waals surface area contributed by atoms with E-state index >= 15 is 4.39 Å². The molecule has 14 heteroatoms. The second-order valence-corrected chi connectivity index (χ2v) is 10.2. The van der Waals surface area contributed by atoms with Crippen molar-refractivity contribution >= 4 is 56.0 Å². The number of benzene rings is 1. The van der Waals surface area contributed by atoms with Crippen LogP contribution in [0.3, 0.4) is 0 Å². The Morgan fingerprint density at radius 2 is 1.88 bits per heavy atom. The van der Waals surface area contributed by atoms with Gasteiger partial charge in [-0.25, -0.2) is 24.1 Å². The molecule has 2 N–H and O–H groups in total. The van der Waals surface area contributed by atoms with Crippen molar-refractivity contribution in [3.63, 3.8) is 0 Å². The number of hydrogen-bond acceptors (Lipinski definition) is 10. The van der Waals surface area contributed by atoms with Crippen molar-refractivity contribution in [2.24, 2.45) is 0 Å². The predicted molar refractivity (Wildman–Crippen MR) is 148 cm³/mol. The number of aromatic nitrogens is 5. The van der Waals surface area contributed by atoms with Crippen LogP contribution in [0.4, 0.5) is 14.9 Å². The number of methoxy groups -OCH3 is 1. The molecule has 4 heterocycles. The van der Waals surface area contributed by atoms with Gasteiger partial charge in [-0.05, 0) is 32.0 Å². The zero-order chi connectivity index (χ0) is 28.6. The summed E-state index contributed by atoms with van der Waals surface area (Å²) >= 11 is 7.57. The summed E-state index contributed by atoms with van der Waals surface area (Å²) in [4.78, 5) is 34.7. The Morgan fingerprint density at radius 3 is 2.55 bits per heavy atom. The summed E-state index contributed by atoms with van der Waals surface area (Å²) in [5.74, 6) is -0.316. The van der Waals surface area contributed by atoms with Crippen molar-refractivity contribution in [1.82, 2.24) is 24.9 Å². The third kappa shape index (κ3) is 5.30. The second kappa shape index (κ2) is 11.1. The van der Waals surface area contributed by atoms with Gasteiger partial charge < -0.3 is 19.7 Å². The summed E-state index contributed by atoms with van der Waals surface area (Å²) < 4.78 is 26.1. The fourth-order valence-corrected chi connectivity index (χ4v) is 5.21. The average molecular weight is 585 g/mol. The molecule has 40 heavy (non-hydrogen) atoms. The van der Waals surface area contributed by atoms with Crippen LogP contribution < -0.4 is 14.4 Å².